The van der Waals surface area contributed by atoms with Crippen LogP contribution in [0.15, 0.2) is 76.0 Å². The molecule has 0 saturated carbocycles. The molecule has 8 heteroatoms. The molecular formula is C21H16N4O3S. The third-order valence-corrected chi connectivity index (χ3v) is 5.66. The van der Waals surface area contributed by atoms with Crippen LogP contribution in [0.2, 0.25) is 0 Å². The lowest BCUT2D eigenvalue weighted by Gasteiger charge is -2.20. The summed E-state index contributed by atoms with van der Waals surface area (Å²) in [6, 6.07) is 15.0. The summed E-state index contributed by atoms with van der Waals surface area (Å²) < 4.78 is 11.2. The topological polar surface area (TPSA) is 80.8 Å². The Labute approximate surface area is 170 Å². The van der Waals surface area contributed by atoms with Gasteiger partial charge in [-0.15, -0.1) is 11.3 Å². The van der Waals surface area contributed by atoms with Gasteiger partial charge in [-0.3, -0.25) is 4.79 Å². The monoisotopic (exact) mass is 404 g/mol. The van der Waals surface area contributed by atoms with E-state index in [9.17, 15) is 4.79 Å². The largest absolute Gasteiger partial charge is 0.467 e. The van der Waals surface area contributed by atoms with Crippen molar-refractivity contribution in [3.05, 3.63) is 77.1 Å². The number of amides is 1. The molecule has 1 atom stereocenters. The first-order valence-electron chi connectivity index (χ1n) is 9.09. The van der Waals surface area contributed by atoms with Gasteiger partial charge in [0, 0.05) is 11.3 Å². The van der Waals surface area contributed by atoms with Crippen molar-refractivity contribution < 1.29 is 13.9 Å². The van der Waals surface area contributed by atoms with Crippen molar-refractivity contribution in [3.63, 3.8) is 0 Å². The molecular weight excluding hydrogens is 388 g/mol. The van der Waals surface area contributed by atoms with Gasteiger partial charge in [0.15, 0.2) is 6.61 Å². The molecule has 1 unspecified atom stereocenters. The summed E-state index contributed by atoms with van der Waals surface area (Å²) in [6.45, 7) is -0.169. The Kier molecular flexibility index (Phi) is 4.53. The van der Waals surface area contributed by atoms with E-state index in [1.807, 2.05) is 53.9 Å². The molecule has 3 aromatic heterocycles. The summed E-state index contributed by atoms with van der Waals surface area (Å²) in [7, 11) is 0. The van der Waals surface area contributed by atoms with Gasteiger partial charge < -0.3 is 9.15 Å². The molecule has 4 heterocycles. The lowest BCUT2D eigenvalue weighted by molar-refractivity contribution is -0.135. The molecule has 144 valence electrons. The molecule has 0 fully saturated rings. The number of rotatable bonds is 5. The Balaban J connectivity index is 1.39. The molecule has 0 saturated heterocycles. The molecule has 4 aromatic rings. The molecule has 5 rings (SSSR count). The first kappa shape index (κ1) is 17.6. The highest BCUT2D eigenvalue weighted by Crippen LogP contribution is 2.35. The highest BCUT2D eigenvalue weighted by atomic mass is 32.1. The predicted octanol–water partition coefficient (Wildman–Crippen LogP) is 4.04. The Morgan fingerprint density at radius 1 is 1.17 bits per heavy atom. The number of nitrogens with zero attached hydrogens (tertiary/aromatic N) is 4. The maximum Gasteiger partial charge on any atom is 0.281 e. The molecule has 0 spiro atoms. The Morgan fingerprint density at radius 3 is 2.93 bits per heavy atom. The quantitative estimate of drug-likeness (QED) is 0.501. The van der Waals surface area contributed by atoms with E-state index in [1.165, 1.54) is 11.3 Å². The third kappa shape index (κ3) is 3.38. The zero-order valence-corrected chi connectivity index (χ0v) is 16.1. The number of ether oxygens (including phenoxy) is 1. The van der Waals surface area contributed by atoms with Crippen molar-refractivity contribution in [3.8, 4) is 5.88 Å². The minimum atomic E-state index is -0.243. The maximum absolute atomic E-state index is 13.0. The lowest BCUT2D eigenvalue weighted by atomic mass is 10.1. The van der Waals surface area contributed by atoms with Crippen molar-refractivity contribution in [1.29, 1.82) is 0 Å². The second kappa shape index (κ2) is 7.48. The standard InChI is InChI=1S/C21H16N4O3S/c26-20(12-28-21-14-5-1-2-6-15(14)22-13-23-21)25-17(19-8-4-10-29-19)11-16(24-25)18-7-3-9-27-18/h1-10,13,17H,11-12H2. The first-order chi connectivity index (χ1) is 14.3. The van der Waals surface area contributed by atoms with Crippen molar-refractivity contribution >= 4 is 33.9 Å². The number of carbonyl (C=O) groups is 1. The van der Waals surface area contributed by atoms with Crippen molar-refractivity contribution in [2.75, 3.05) is 6.61 Å². The predicted molar refractivity (Wildman–Crippen MR) is 109 cm³/mol. The van der Waals surface area contributed by atoms with Crippen LogP contribution in [0.25, 0.3) is 10.9 Å². The van der Waals surface area contributed by atoms with Crippen LogP contribution in [0.5, 0.6) is 5.88 Å². The minimum Gasteiger partial charge on any atom is -0.467 e. The number of thiophene rings is 1. The van der Waals surface area contributed by atoms with E-state index >= 15 is 0 Å². The van der Waals surface area contributed by atoms with Gasteiger partial charge in [-0.2, -0.15) is 5.10 Å². The second-order valence-corrected chi connectivity index (χ2v) is 7.46. The summed E-state index contributed by atoms with van der Waals surface area (Å²) in [5.41, 5.74) is 1.51. The average Bonchev–Trinajstić information content (AvgIpc) is 3.52. The lowest BCUT2D eigenvalue weighted by Crippen LogP contribution is -2.31. The van der Waals surface area contributed by atoms with Crippen LogP contribution in [0.1, 0.15) is 23.1 Å². The number of hydrazone groups is 1. The highest BCUT2D eigenvalue weighted by Gasteiger charge is 2.34. The fraction of sp³-hybridized carbons (Fsp3) is 0.143. The van der Waals surface area contributed by atoms with Gasteiger partial charge in [0.05, 0.1) is 23.2 Å². The number of carbonyl (C=O) groups excluding carboxylic acids is 1. The number of hydrogen-bond acceptors (Lipinski definition) is 7. The summed E-state index contributed by atoms with van der Waals surface area (Å²) in [5.74, 6) is 0.809. The van der Waals surface area contributed by atoms with Gasteiger partial charge in [0.1, 0.15) is 17.8 Å². The molecule has 7 nitrogen and oxygen atoms in total. The highest BCUT2D eigenvalue weighted by molar-refractivity contribution is 7.10. The van der Waals surface area contributed by atoms with Crippen molar-refractivity contribution in [1.82, 2.24) is 15.0 Å². The van der Waals surface area contributed by atoms with Crippen LogP contribution in [0.4, 0.5) is 0 Å². The molecule has 1 amide bonds. The normalized spacial score (nSPS) is 16.2. The maximum atomic E-state index is 13.0. The van der Waals surface area contributed by atoms with E-state index in [4.69, 9.17) is 9.15 Å². The van der Waals surface area contributed by atoms with Gasteiger partial charge in [0.2, 0.25) is 5.88 Å². The van der Waals surface area contributed by atoms with Gasteiger partial charge in [0.25, 0.3) is 5.91 Å². The van der Waals surface area contributed by atoms with Crippen LogP contribution < -0.4 is 4.74 Å². The van der Waals surface area contributed by atoms with Crippen LogP contribution >= 0.6 is 11.3 Å². The molecule has 0 aliphatic carbocycles. The smallest absolute Gasteiger partial charge is 0.281 e. The van der Waals surface area contributed by atoms with E-state index < -0.39 is 0 Å². The SMILES string of the molecule is O=C(COc1ncnc2ccccc12)N1N=C(c2ccco2)CC1c1cccs1. The summed E-state index contributed by atoms with van der Waals surface area (Å²) >= 11 is 1.60. The van der Waals surface area contributed by atoms with E-state index in [-0.39, 0.29) is 18.6 Å². The van der Waals surface area contributed by atoms with E-state index in [0.717, 1.165) is 21.5 Å². The molecule has 0 N–H and O–H groups in total. The average molecular weight is 404 g/mol. The van der Waals surface area contributed by atoms with Gasteiger partial charge >= 0.3 is 0 Å². The summed E-state index contributed by atoms with van der Waals surface area (Å²) in [4.78, 5) is 22.5. The molecule has 1 aromatic carbocycles. The van der Waals surface area contributed by atoms with Crippen LogP contribution in [-0.2, 0) is 4.79 Å². The van der Waals surface area contributed by atoms with Crippen LogP contribution in [-0.4, -0.2) is 33.2 Å². The van der Waals surface area contributed by atoms with Gasteiger partial charge in [-0.25, -0.2) is 15.0 Å². The van der Waals surface area contributed by atoms with Crippen LogP contribution in [0, 0.1) is 0 Å². The molecule has 0 radical (unpaired) electrons. The number of hydrogen-bond donors (Lipinski definition) is 0. The van der Waals surface area contributed by atoms with Crippen molar-refractivity contribution in [2.24, 2.45) is 5.10 Å². The van der Waals surface area contributed by atoms with E-state index in [0.29, 0.717) is 18.1 Å². The Hall–Kier alpha value is -3.52. The Bertz CT molecular complexity index is 1170. The Morgan fingerprint density at radius 2 is 2.10 bits per heavy atom. The fourth-order valence-electron chi connectivity index (χ4n) is 3.33. The van der Waals surface area contributed by atoms with Crippen molar-refractivity contribution in [2.45, 2.75) is 12.5 Å². The number of fused-ring (bicyclic) bond motifs is 1. The van der Waals surface area contributed by atoms with Gasteiger partial charge in [-0.1, -0.05) is 18.2 Å². The molecule has 1 aliphatic rings. The summed E-state index contributed by atoms with van der Waals surface area (Å²) in [6.07, 6.45) is 3.63. The first-order valence-corrected chi connectivity index (χ1v) is 9.97. The molecule has 29 heavy (non-hydrogen) atoms. The molecule has 0 bridgehead atoms. The number of furan rings is 1. The summed E-state index contributed by atoms with van der Waals surface area (Å²) in [5, 5.41) is 8.79. The van der Waals surface area contributed by atoms with Gasteiger partial charge in [-0.05, 0) is 35.7 Å². The number of para-hydroxylation sites is 1. The fourth-order valence-corrected chi connectivity index (χ4v) is 4.14. The second-order valence-electron chi connectivity index (χ2n) is 6.48. The van der Waals surface area contributed by atoms with E-state index in [2.05, 4.69) is 15.1 Å². The zero-order chi connectivity index (χ0) is 19.6. The van der Waals surface area contributed by atoms with E-state index in [1.54, 1.807) is 17.6 Å². The number of aromatic nitrogens is 2. The number of benzene rings is 1. The minimum absolute atomic E-state index is 0.169. The third-order valence-electron chi connectivity index (χ3n) is 4.68. The zero-order valence-electron chi connectivity index (χ0n) is 15.3. The van der Waals surface area contributed by atoms with Crippen LogP contribution in [0.3, 0.4) is 0 Å². The molecule has 1 aliphatic heterocycles.